The highest BCUT2D eigenvalue weighted by molar-refractivity contribution is 6.45. The standard InChI is InChI=1S/C21H23Cl2N3O3/c1-13(10-11-16-18(22)8-5-9-19(16)23)14-6-4-7-15(17(14)12-29-24)20(26-28-3)21(27)25-2/h4-11,17H,12,24H2,1-3H3,(H,25,27). The Bertz CT molecular complexity index is 897. The van der Waals surface area contributed by atoms with Crippen LogP contribution in [0.5, 0.6) is 0 Å². The smallest absolute Gasteiger partial charge is 0.273 e. The third-order valence-electron chi connectivity index (χ3n) is 4.42. The molecule has 1 aromatic carbocycles. The van der Waals surface area contributed by atoms with Gasteiger partial charge in [0, 0.05) is 28.6 Å². The number of rotatable bonds is 7. The molecule has 1 atom stereocenters. The lowest BCUT2D eigenvalue weighted by molar-refractivity contribution is -0.114. The van der Waals surface area contributed by atoms with Crippen molar-refractivity contribution in [1.82, 2.24) is 5.32 Å². The highest BCUT2D eigenvalue weighted by Gasteiger charge is 2.29. The first kappa shape index (κ1) is 22.9. The van der Waals surface area contributed by atoms with Gasteiger partial charge in [-0.3, -0.25) is 4.79 Å². The number of benzene rings is 1. The van der Waals surface area contributed by atoms with Crippen molar-refractivity contribution in [3.05, 3.63) is 74.8 Å². The fourth-order valence-electron chi connectivity index (χ4n) is 2.99. The van der Waals surface area contributed by atoms with Gasteiger partial charge in [-0.1, -0.05) is 64.8 Å². The van der Waals surface area contributed by atoms with Crippen LogP contribution in [0.1, 0.15) is 12.5 Å². The van der Waals surface area contributed by atoms with Gasteiger partial charge in [0.05, 0.1) is 6.61 Å². The van der Waals surface area contributed by atoms with Crippen LogP contribution in [0.25, 0.3) is 6.08 Å². The monoisotopic (exact) mass is 435 g/mol. The Morgan fingerprint density at radius 2 is 2.03 bits per heavy atom. The number of allylic oxidation sites excluding steroid dienone is 5. The maximum absolute atomic E-state index is 12.3. The summed E-state index contributed by atoms with van der Waals surface area (Å²) in [4.78, 5) is 22.1. The molecule has 0 fully saturated rings. The molecule has 3 N–H and O–H groups in total. The molecule has 29 heavy (non-hydrogen) atoms. The van der Waals surface area contributed by atoms with Gasteiger partial charge in [-0.25, -0.2) is 5.90 Å². The largest absolute Gasteiger partial charge is 0.398 e. The Hall–Kier alpha value is -2.38. The predicted octanol–water partition coefficient (Wildman–Crippen LogP) is 4.07. The van der Waals surface area contributed by atoms with E-state index < -0.39 is 0 Å². The van der Waals surface area contributed by atoms with E-state index in [0.29, 0.717) is 15.6 Å². The van der Waals surface area contributed by atoms with Crippen molar-refractivity contribution in [3.8, 4) is 0 Å². The fourth-order valence-corrected chi connectivity index (χ4v) is 3.51. The van der Waals surface area contributed by atoms with Crippen LogP contribution in [0.15, 0.2) is 64.4 Å². The third kappa shape index (κ3) is 5.58. The number of hydrogen-bond acceptors (Lipinski definition) is 5. The lowest BCUT2D eigenvalue weighted by Crippen LogP contribution is -2.34. The number of amides is 1. The highest BCUT2D eigenvalue weighted by Crippen LogP contribution is 2.31. The third-order valence-corrected chi connectivity index (χ3v) is 5.08. The summed E-state index contributed by atoms with van der Waals surface area (Å²) in [5, 5.41) is 7.57. The first-order chi connectivity index (χ1) is 13.9. The van der Waals surface area contributed by atoms with E-state index in [0.717, 1.165) is 16.7 Å². The second-order valence-corrected chi connectivity index (χ2v) is 6.99. The Morgan fingerprint density at radius 1 is 1.34 bits per heavy atom. The molecule has 0 spiro atoms. The van der Waals surface area contributed by atoms with Crippen LogP contribution in [0.3, 0.4) is 0 Å². The average Bonchev–Trinajstić information content (AvgIpc) is 2.71. The van der Waals surface area contributed by atoms with Crippen LogP contribution in [-0.4, -0.2) is 32.4 Å². The summed E-state index contributed by atoms with van der Waals surface area (Å²) in [5.74, 6) is 4.69. The van der Waals surface area contributed by atoms with E-state index in [4.69, 9.17) is 38.8 Å². The summed E-state index contributed by atoms with van der Waals surface area (Å²) < 4.78 is 0. The maximum Gasteiger partial charge on any atom is 0.273 e. The summed E-state index contributed by atoms with van der Waals surface area (Å²) >= 11 is 12.5. The Labute approximate surface area is 180 Å². The number of nitrogens with two attached hydrogens (primary N) is 1. The van der Waals surface area contributed by atoms with Crippen molar-refractivity contribution < 1.29 is 14.5 Å². The van der Waals surface area contributed by atoms with Crippen molar-refractivity contribution >= 4 is 40.9 Å². The molecule has 0 heterocycles. The minimum atomic E-state index is -0.370. The average molecular weight is 436 g/mol. The number of nitrogens with zero attached hydrogens (tertiary/aromatic N) is 1. The van der Waals surface area contributed by atoms with Gasteiger partial charge in [0.25, 0.3) is 5.91 Å². The van der Waals surface area contributed by atoms with Crippen LogP contribution < -0.4 is 11.2 Å². The van der Waals surface area contributed by atoms with E-state index in [1.54, 1.807) is 24.3 Å². The van der Waals surface area contributed by atoms with E-state index >= 15 is 0 Å². The molecule has 154 valence electrons. The molecule has 0 bridgehead atoms. The van der Waals surface area contributed by atoms with Gasteiger partial charge in [-0.05, 0) is 35.8 Å². The van der Waals surface area contributed by atoms with Crippen molar-refractivity contribution in [2.45, 2.75) is 6.92 Å². The van der Waals surface area contributed by atoms with Gasteiger partial charge in [-0.2, -0.15) is 0 Å². The van der Waals surface area contributed by atoms with Gasteiger partial charge in [0.1, 0.15) is 7.11 Å². The number of nitrogens with one attached hydrogen (secondary N) is 1. The molecule has 2 rings (SSSR count). The zero-order chi connectivity index (χ0) is 21.4. The summed E-state index contributed by atoms with van der Waals surface area (Å²) in [7, 11) is 2.91. The molecule has 0 saturated heterocycles. The van der Waals surface area contributed by atoms with Crippen LogP contribution in [0, 0.1) is 5.92 Å². The Morgan fingerprint density at radius 3 is 2.62 bits per heavy atom. The summed E-state index contributed by atoms with van der Waals surface area (Å²) in [6, 6.07) is 5.34. The van der Waals surface area contributed by atoms with Gasteiger partial charge in [-0.15, -0.1) is 0 Å². The number of carbonyl (C=O) groups excluding carboxylic acids is 1. The fraction of sp³-hybridized carbons (Fsp3) is 0.238. The van der Waals surface area contributed by atoms with Gasteiger partial charge >= 0.3 is 0 Å². The molecule has 1 aliphatic rings. The van der Waals surface area contributed by atoms with Gasteiger partial charge < -0.3 is 15.0 Å². The second-order valence-electron chi connectivity index (χ2n) is 6.18. The van der Waals surface area contributed by atoms with E-state index in [1.165, 1.54) is 14.2 Å². The summed E-state index contributed by atoms with van der Waals surface area (Å²) in [6.45, 7) is 2.10. The Balaban J connectivity index is 2.47. The topological polar surface area (TPSA) is 85.9 Å². The van der Waals surface area contributed by atoms with Crippen LogP contribution in [-0.2, 0) is 14.5 Å². The minimum Gasteiger partial charge on any atom is -0.398 e. The zero-order valence-electron chi connectivity index (χ0n) is 16.4. The van der Waals surface area contributed by atoms with Gasteiger partial charge in [0.2, 0.25) is 0 Å². The van der Waals surface area contributed by atoms with Crippen molar-refractivity contribution in [2.24, 2.45) is 17.0 Å². The molecule has 1 amide bonds. The van der Waals surface area contributed by atoms with Crippen LogP contribution in [0.4, 0.5) is 0 Å². The van der Waals surface area contributed by atoms with E-state index in [2.05, 4.69) is 10.5 Å². The number of carbonyl (C=O) groups is 1. The molecule has 1 aromatic rings. The molecule has 1 unspecified atom stereocenters. The van der Waals surface area contributed by atoms with E-state index in [1.807, 2.05) is 31.2 Å². The molecular formula is C21H23Cl2N3O3. The van der Waals surface area contributed by atoms with Crippen molar-refractivity contribution in [2.75, 3.05) is 20.8 Å². The number of oxime groups is 1. The highest BCUT2D eigenvalue weighted by atomic mass is 35.5. The molecule has 1 aliphatic carbocycles. The second kappa shape index (κ2) is 11.0. The quantitative estimate of drug-likeness (QED) is 0.498. The lowest BCUT2D eigenvalue weighted by atomic mass is 9.82. The van der Waals surface area contributed by atoms with Crippen LogP contribution in [0.2, 0.25) is 10.0 Å². The maximum atomic E-state index is 12.3. The van der Waals surface area contributed by atoms with E-state index in [9.17, 15) is 4.79 Å². The Kier molecular flexibility index (Phi) is 8.67. The lowest BCUT2D eigenvalue weighted by Gasteiger charge is -2.25. The van der Waals surface area contributed by atoms with Crippen molar-refractivity contribution in [3.63, 3.8) is 0 Å². The molecular weight excluding hydrogens is 413 g/mol. The number of hydrogen-bond donors (Lipinski definition) is 2. The SMILES string of the molecule is CNC(=O)C(=NOC)C1=CC=CC(=C(C)C=Cc2c(Cl)cccc2Cl)C1CON. The predicted molar refractivity (Wildman–Crippen MR) is 118 cm³/mol. The minimum absolute atomic E-state index is 0.156. The van der Waals surface area contributed by atoms with Gasteiger partial charge in [0.15, 0.2) is 5.71 Å². The van der Waals surface area contributed by atoms with E-state index in [-0.39, 0.29) is 24.1 Å². The molecule has 8 heteroatoms. The molecule has 0 radical (unpaired) electrons. The van der Waals surface area contributed by atoms with Crippen LogP contribution >= 0.6 is 23.2 Å². The molecule has 0 aliphatic heterocycles. The molecule has 6 nitrogen and oxygen atoms in total. The zero-order valence-corrected chi connectivity index (χ0v) is 17.9. The molecule has 0 saturated carbocycles. The first-order valence-electron chi connectivity index (χ1n) is 8.81. The summed E-state index contributed by atoms with van der Waals surface area (Å²) in [6.07, 6.45) is 9.33. The normalized spacial score (nSPS) is 18.6. The number of halogens is 2. The molecule has 0 aromatic heterocycles. The van der Waals surface area contributed by atoms with Crippen molar-refractivity contribution in [1.29, 1.82) is 0 Å². The summed E-state index contributed by atoms with van der Waals surface area (Å²) in [5.41, 5.74) is 3.37. The first-order valence-corrected chi connectivity index (χ1v) is 9.56.